The second-order valence-electron chi connectivity index (χ2n) is 6.06. The molecule has 0 radical (unpaired) electrons. The second kappa shape index (κ2) is 7.06. The molecule has 7 heteroatoms. The predicted octanol–water partition coefficient (Wildman–Crippen LogP) is 3.69. The van der Waals surface area contributed by atoms with E-state index in [0.29, 0.717) is 29.4 Å². The number of carbonyl (C=O) groups is 1. The van der Waals surface area contributed by atoms with E-state index in [4.69, 9.17) is 11.6 Å². The lowest BCUT2D eigenvalue weighted by Gasteiger charge is -2.17. The van der Waals surface area contributed by atoms with Gasteiger partial charge in [-0.25, -0.2) is 8.42 Å². The molecule has 1 aliphatic rings. The Morgan fingerprint density at radius 1 is 1.12 bits per heavy atom. The van der Waals surface area contributed by atoms with Crippen molar-refractivity contribution in [2.24, 2.45) is 0 Å². The summed E-state index contributed by atoms with van der Waals surface area (Å²) in [5.41, 5.74) is 1.48. The molecule has 132 valence electrons. The molecule has 3 rings (SSSR count). The van der Waals surface area contributed by atoms with Gasteiger partial charge in [-0.05, 0) is 49.6 Å². The highest BCUT2D eigenvalue weighted by molar-refractivity contribution is 7.92. The smallest absolute Gasteiger partial charge is 0.261 e. The van der Waals surface area contributed by atoms with Crippen LogP contribution >= 0.6 is 11.6 Å². The van der Waals surface area contributed by atoms with Crippen LogP contribution in [0.5, 0.6) is 0 Å². The highest BCUT2D eigenvalue weighted by Crippen LogP contribution is 2.25. The molecule has 1 amide bonds. The molecule has 1 fully saturated rings. The van der Waals surface area contributed by atoms with E-state index in [1.807, 2.05) is 0 Å². The van der Waals surface area contributed by atoms with Crippen LogP contribution in [0.1, 0.15) is 28.8 Å². The highest BCUT2D eigenvalue weighted by Gasteiger charge is 2.23. The molecular formula is C18H19ClN2O3S. The van der Waals surface area contributed by atoms with Crippen molar-refractivity contribution >= 4 is 33.2 Å². The Labute approximate surface area is 152 Å². The van der Waals surface area contributed by atoms with E-state index in [9.17, 15) is 13.2 Å². The zero-order valence-corrected chi connectivity index (χ0v) is 15.4. The van der Waals surface area contributed by atoms with E-state index >= 15 is 0 Å². The maximum atomic E-state index is 12.7. The van der Waals surface area contributed by atoms with Crippen LogP contribution in [-0.4, -0.2) is 32.3 Å². The molecule has 1 saturated heterocycles. The number of nitrogens with one attached hydrogen (secondary N) is 1. The maximum Gasteiger partial charge on any atom is 0.261 e. The predicted molar refractivity (Wildman–Crippen MR) is 98.6 cm³/mol. The molecule has 1 N–H and O–H groups in total. The summed E-state index contributed by atoms with van der Waals surface area (Å²) in [7, 11) is -3.84. The molecular weight excluding hydrogens is 360 g/mol. The van der Waals surface area contributed by atoms with Crippen LogP contribution < -0.4 is 4.72 Å². The summed E-state index contributed by atoms with van der Waals surface area (Å²) in [6.07, 6.45) is 1.97. The Balaban J connectivity index is 1.93. The molecule has 2 aromatic rings. The van der Waals surface area contributed by atoms with Crippen molar-refractivity contribution in [3.63, 3.8) is 0 Å². The molecule has 0 aromatic heterocycles. The first kappa shape index (κ1) is 17.8. The van der Waals surface area contributed by atoms with Crippen molar-refractivity contribution in [1.29, 1.82) is 0 Å². The van der Waals surface area contributed by atoms with Gasteiger partial charge in [0.25, 0.3) is 15.9 Å². The van der Waals surface area contributed by atoms with Crippen molar-refractivity contribution in [3.8, 4) is 0 Å². The third-order valence-corrected chi connectivity index (χ3v) is 5.95. The van der Waals surface area contributed by atoms with E-state index in [0.717, 1.165) is 18.4 Å². The molecule has 0 spiro atoms. The zero-order chi connectivity index (χ0) is 18.0. The highest BCUT2D eigenvalue weighted by atomic mass is 35.5. The number of para-hydroxylation sites is 1. The fourth-order valence-corrected chi connectivity index (χ4v) is 4.18. The van der Waals surface area contributed by atoms with Gasteiger partial charge >= 0.3 is 0 Å². The number of carbonyl (C=O) groups excluding carboxylic acids is 1. The van der Waals surface area contributed by atoms with Crippen molar-refractivity contribution in [3.05, 3.63) is 58.6 Å². The number of amides is 1. The molecule has 1 aliphatic heterocycles. The van der Waals surface area contributed by atoms with Gasteiger partial charge in [0.05, 0.1) is 15.6 Å². The number of nitrogens with zero attached hydrogens (tertiary/aromatic N) is 1. The number of aryl methyl sites for hydroxylation is 1. The standard InChI is InChI=1S/C18H19ClN2O3S/c1-13-8-9-14(12-15(13)18(22)21-10-4-5-11-21)25(23,24)20-17-7-3-2-6-16(17)19/h2-3,6-9,12,20H,4-5,10-11H2,1H3. The summed E-state index contributed by atoms with van der Waals surface area (Å²) < 4.78 is 27.8. The Morgan fingerprint density at radius 2 is 1.80 bits per heavy atom. The van der Waals surface area contributed by atoms with Crippen LogP contribution in [0.4, 0.5) is 5.69 Å². The molecule has 5 nitrogen and oxygen atoms in total. The maximum absolute atomic E-state index is 12.7. The minimum Gasteiger partial charge on any atom is -0.339 e. The number of likely N-dealkylation sites (tertiary alicyclic amines) is 1. The van der Waals surface area contributed by atoms with Crippen molar-refractivity contribution < 1.29 is 13.2 Å². The molecule has 0 saturated carbocycles. The number of rotatable bonds is 4. The Bertz CT molecular complexity index is 906. The lowest BCUT2D eigenvalue weighted by molar-refractivity contribution is 0.0792. The van der Waals surface area contributed by atoms with Crippen LogP contribution in [0.25, 0.3) is 0 Å². The summed E-state index contributed by atoms with van der Waals surface area (Å²) >= 11 is 6.02. The van der Waals surface area contributed by atoms with Crippen molar-refractivity contribution in [2.45, 2.75) is 24.7 Å². The number of anilines is 1. The van der Waals surface area contributed by atoms with Crippen LogP contribution in [0, 0.1) is 6.92 Å². The number of sulfonamides is 1. The normalized spacial score (nSPS) is 14.6. The summed E-state index contributed by atoms with van der Waals surface area (Å²) in [5.74, 6) is -0.121. The van der Waals surface area contributed by atoms with Gasteiger partial charge in [0.2, 0.25) is 0 Å². The summed E-state index contributed by atoms with van der Waals surface area (Å²) in [5, 5.41) is 0.312. The average molecular weight is 379 g/mol. The van der Waals surface area contributed by atoms with Gasteiger partial charge in [-0.1, -0.05) is 29.8 Å². The first-order valence-corrected chi connectivity index (χ1v) is 9.92. The topological polar surface area (TPSA) is 66.5 Å². The number of hydrogen-bond donors (Lipinski definition) is 1. The van der Waals surface area contributed by atoms with Gasteiger partial charge in [0, 0.05) is 18.7 Å². The molecule has 0 aliphatic carbocycles. The quantitative estimate of drug-likeness (QED) is 0.882. The lowest BCUT2D eigenvalue weighted by atomic mass is 10.1. The minimum absolute atomic E-state index is 0.0422. The van der Waals surface area contributed by atoms with E-state index in [-0.39, 0.29) is 10.8 Å². The fourth-order valence-electron chi connectivity index (χ4n) is 2.84. The van der Waals surface area contributed by atoms with Gasteiger partial charge in [-0.15, -0.1) is 0 Å². The monoisotopic (exact) mass is 378 g/mol. The van der Waals surface area contributed by atoms with E-state index in [2.05, 4.69) is 4.72 Å². The molecule has 0 unspecified atom stereocenters. The van der Waals surface area contributed by atoms with E-state index in [1.54, 1.807) is 42.2 Å². The summed E-state index contributed by atoms with van der Waals surface area (Å²) in [6.45, 7) is 3.24. The van der Waals surface area contributed by atoms with Gasteiger partial charge in [-0.3, -0.25) is 9.52 Å². The Kier molecular flexibility index (Phi) is 5.01. The summed E-state index contributed by atoms with van der Waals surface area (Å²) in [4.78, 5) is 14.5. The zero-order valence-electron chi connectivity index (χ0n) is 13.8. The number of hydrogen-bond acceptors (Lipinski definition) is 3. The van der Waals surface area contributed by atoms with Gasteiger partial charge in [-0.2, -0.15) is 0 Å². The van der Waals surface area contributed by atoms with E-state index in [1.165, 1.54) is 12.1 Å². The Hall–Kier alpha value is -2.05. The van der Waals surface area contributed by atoms with Crippen LogP contribution in [0.3, 0.4) is 0 Å². The molecule has 25 heavy (non-hydrogen) atoms. The van der Waals surface area contributed by atoms with Gasteiger partial charge in [0.1, 0.15) is 0 Å². The van der Waals surface area contributed by atoms with Crippen LogP contribution in [-0.2, 0) is 10.0 Å². The molecule has 2 aromatic carbocycles. The summed E-state index contributed by atoms with van der Waals surface area (Å²) in [6, 6.07) is 11.2. The lowest BCUT2D eigenvalue weighted by Crippen LogP contribution is -2.28. The average Bonchev–Trinajstić information content (AvgIpc) is 3.11. The minimum atomic E-state index is -3.84. The van der Waals surface area contributed by atoms with Crippen LogP contribution in [0.2, 0.25) is 5.02 Å². The van der Waals surface area contributed by atoms with Crippen molar-refractivity contribution in [2.75, 3.05) is 17.8 Å². The largest absolute Gasteiger partial charge is 0.339 e. The third-order valence-electron chi connectivity index (χ3n) is 4.26. The Morgan fingerprint density at radius 3 is 2.48 bits per heavy atom. The van der Waals surface area contributed by atoms with Gasteiger partial charge in [0.15, 0.2) is 0 Å². The molecule has 1 heterocycles. The third kappa shape index (κ3) is 3.80. The molecule has 0 bridgehead atoms. The number of halogens is 1. The van der Waals surface area contributed by atoms with Gasteiger partial charge < -0.3 is 4.90 Å². The first-order valence-electron chi connectivity index (χ1n) is 8.06. The van der Waals surface area contributed by atoms with Crippen molar-refractivity contribution in [1.82, 2.24) is 4.90 Å². The number of benzene rings is 2. The van der Waals surface area contributed by atoms with E-state index < -0.39 is 10.0 Å². The SMILES string of the molecule is Cc1ccc(S(=O)(=O)Nc2ccccc2Cl)cc1C(=O)N1CCCC1. The second-order valence-corrected chi connectivity index (χ2v) is 8.15. The van der Waals surface area contributed by atoms with Crippen LogP contribution in [0.15, 0.2) is 47.4 Å². The molecule has 0 atom stereocenters. The first-order chi connectivity index (χ1) is 11.9. The fraction of sp³-hybridized carbons (Fsp3) is 0.278.